The number of hydrogen-bond acceptors (Lipinski definition) is 3. The average molecular weight is 249 g/mol. The molecule has 1 aromatic carbocycles. The Bertz CT molecular complexity index is 380. The molecule has 3 nitrogen and oxygen atoms in total. The Kier molecular flexibility index (Phi) is 4.25. The van der Waals surface area contributed by atoms with E-state index in [1.54, 1.807) is 0 Å². The van der Waals surface area contributed by atoms with Crippen LogP contribution in [0.4, 0.5) is 0 Å². The second kappa shape index (κ2) is 5.72. The highest BCUT2D eigenvalue weighted by Gasteiger charge is 2.30. The van der Waals surface area contributed by atoms with Crippen molar-refractivity contribution in [2.24, 2.45) is 5.73 Å². The lowest BCUT2D eigenvalue weighted by atomic mass is 9.96. The van der Waals surface area contributed by atoms with Gasteiger partial charge in [0.25, 0.3) is 0 Å². The van der Waals surface area contributed by atoms with Crippen molar-refractivity contribution in [2.75, 3.05) is 19.8 Å². The summed E-state index contributed by atoms with van der Waals surface area (Å²) in [5, 5.41) is 0. The molecule has 0 fully saturated rings. The molecule has 1 aliphatic heterocycles. The van der Waals surface area contributed by atoms with Crippen LogP contribution in [0, 0.1) is 0 Å². The summed E-state index contributed by atoms with van der Waals surface area (Å²) in [6.07, 6.45) is 1.91. The van der Waals surface area contributed by atoms with Gasteiger partial charge in [0.05, 0.1) is 18.8 Å². The predicted molar refractivity (Wildman–Crippen MR) is 73.0 cm³/mol. The molecule has 1 atom stereocenters. The molecule has 100 valence electrons. The van der Waals surface area contributed by atoms with E-state index in [1.807, 2.05) is 12.1 Å². The second-order valence-corrected chi connectivity index (χ2v) is 4.95. The van der Waals surface area contributed by atoms with Gasteiger partial charge in [-0.25, -0.2) is 0 Å². The molecule has 3 heteroatoms. The third-order valence-corrected chi connectivity index (χ3v) is 4.05. The second-order valence-electron chi connectivity index (χ2n) is 4.95. The van der Waals surface area contributed by atoms with Gasteiger partial charge >= 0.3 is 0 Å². The molecule has 1 heterocycles. The first kappa shape index (κ1) is 13.4. The van der Waals surface area contributed by atoms with E-state index in [-0.39, 0.29) is 5.60 Å². The maximum absolute atomic E-state index is 6.11. The Hall–Kier alpha value is -1.06. The number of nitrogens with two attached hydrogens (primary N) is 1. The van der Waals surface area contributed by atoms with Gasteiger partial charge in [0.1, 0.15) is 5.75 Å². The van der Waals surface area contributed by atoms with E-state index in [0.717, 1.165) is 18.6 Å². The molecule has 2 rings (SSSR count). The van der Waals surface area contributed by atoms with Crippen molar-refractivity contribution in [3.05, 3.63) is 29.8 Å². The lowest BCUT2D eigenvalue weighted by molar-refractivity contribution is -0.0518. The molecule has 1 unspecified atom stereocenters. The molecule has 0 radical (unpaired) electrons. The van der Waals surface area contributed by atoms with Crippen molar-refractivity contribution in [1.29, 1.82) is 0 Å². The minimum atomic E-state index is -0.169. The van der Waals surface area contributed by atoms with Crippen LogP contribution in [0.15, 0.2) is 24.3 Å². The third-order valence-electron chi connectivity index (χ3n) is 4.05. The minimum absolute atomic E-state index is 0.169. The van der Waals surface area contributed by atoms with Gasteiger partial charge in [-0.3, -0.25) is 0 Å². The first-order valence-electron chi connectivity index (χ1n) is 6.80. The lowest BCUT2D eigenvalue weighted by Gasteiger charge is -2.31. The third kappa shape index (κ3) is 2.52. The fraction of sp³-hybridized carbons (Fsp3) is 0.600. The van der Waals surface area contributed by atoms with Crippen LogP contribution < -0.4 is 10.5 Å². The fourth-order valence-corrected chi connectivity index (χ4v) is 2.45. The van der Waals surface area contributed by atoms with Crippen molar-refractivity contribution in [3.8, 4) is 5.75 Å². The van der Waals surface area contributed by atoms with Crippen molar-refractivity contribution in [3.63, 3.8) is 0 Å². The first-order chi connectivity index (χ1) is 8.74. The molecule has 0 saturated carbocycles. The minimum Gasteiger partial charge on any atom is -0.493 e. The largest absolute Gasteiger partial charge is 0.493 e. The van der Waals surface area contributed by atoms with Crippen molar-refractivity contribution < 1.29 is 9.47 Å². The van der Waals surface area contributed by atoms with Gasteiger partial charge in [-0.2, -0.15) is 0 Å². The molecule has 1 aliphatic rings. The zero-order valence-electron chi connectivity index (χ0n) is 11.3. The van der Waals surface area contributed by atoms with E-state index in [4.69, 9.17) is 15.2 Å². The zero-order valence-corrected chi connectivity index (χ0v) is 11.3. The van der Waals surface area contributed by atoms with Gasteiger partial charge in [-0.1, -0.05) is 32.0 Å². The Balaban J connectivity index is 2.00. The Morgan fingerprint density at radius 2 is 2.06 bits per heavy atom. The number of para-hydroxylation sites is 1. The summed E-state index contributed by atoms with van der Waals surface area (Å²) in [4.78, 5) is 0. The number of fused-ring (bicyclic) bond motifs is 1. The maximum Gasteiger partial charge on any atom is 0.123 e. The Morgan fingerprint density at radius 1 is 1.33 bits per heavy atom. The molecule has 0 bridgehead atoms. The van der Waals surface area contributed by atoms with Crippen molar-refractivity contribution in [2.45, 2.75) is 38.2 Å². The average Bonchev–Trinajstić information content (AvgIpc) is 2.85. The van der Waals surface area contributed by atoms with E-state index >= 15 is 0 Å². The molecule has 0 aromatic heterocycles. The van der Waals surface area contributed by atoms with Gasteiger partial charge in [-0.15, -0.1) is 0 Å². The first-order valence-corrected chi connectivity index (χ1v) is 6.80. The van der Waals surface area contributed by atoms with Gasteiger partial charge in [0, 0.05) is 18.0 Å². The predicted octanol–water partition coefficient (Wildman–Crippen LogP) is 2.70. The Labute approximate surface area is 109 Å². The van der Waals surface area contributed by atoms with Crippen LogP contribution in [-0.2, 0) is 4.74 Å². The monoisotopic (exact) mass is 249 g/mol. The highest BCUT2D eigenvalue weighted by atomic mass is 16.5. The van der Waals surface area contributed by atoms with Crippen LogP contribution in [-0.4, -0.2) is 25.4 Å². The van der Waals surface area contributed by atoms with E-state index in [2.05, 4.69) is 26.0 Å². The molecule has 18 heavy (non-hydrogen) atoms. The number of hydrogen-bond donors (Lipinski definition) is 1. The highest BCUT2D eigenvalue weighted by Crippen LogP contribution is 2.34. The molecule has 2 N–H and O–H groups in total. The molecule has 0 aliphatic carbocycles. The number of rotatable bonds is 6. The van der Waals surface area contributed by atoms with Crippen molar-refractivity contribution in [1.82, 2.24) is 0 Å². The van der Waals surface area contributed by atoms with Crippen LogP contribution in [0.25, 0.3) is 0 Å². The summed E-state index contributed by atoms with van der Waals surface area (Å²) >= 11 is 0. The highest BCUT2D eigenvalue weighted by molar-refractivity contribution is 5.39. The van der Waals surface area contributed by atoms with Gasteiger partial charge in [-0.05, 0) is 18.9 Å². The van der Waals surface area contributed by atoms with E-state index in [9.17, 15) is 0 Å². The van der Waals surface area contributed by atoms with Gasteiger partial charge < -0.3 is 15.2 Å². The summed E-state index contributed by atoms with van der Waals surface area (Å²) in [6.45, 7) is 6.25. The van der Waals surface area contributed by atoms with Crippen LogP contribution in [0.3, 0.4) is 0 Å². The van der Waals surface area contributed by atoms with Crippen LogP contribution >= 0.6 is 0 Å². The molecule has 0 amide bonds. The standard InChI is InChI=1S/C15H23NO2/c1-3-15(4-2,11-16)18-10-12-9-17-14-8-6-5-7-13(12)14/h5-8,12H,3-4,9-11,16H2,1-2H3. The van der Waals surface area contributed by atoms with E-state index in [0.29, 0.717) is 25.7 Å². The summed E-state index contributed by atoms with van der Waals surface area (Å²) in [7, 11) is 0. The SMILES string of the molecule is CCC(CC)(CN)OCC1COc2ccccc21. The summed E-state index contributed by atoms with van der Waals surface area (Å²) in [5.41, 5.74) is 6.94. The van der Waals surface area contributed by atoms with Crippen LogP contribution in [0.2, 0.25) is 0 Å². The summed E-state index contributed by atoms with van der Waals surface area (Å²) in [5.74, 6) is 1.34. The van der Waals surface area contributed by atoms with E-state index in [1.165, 1.54) is 5.56 Å². The Morgan fingerprint density at radius 3 is 2.72 bits per heavy atom. The van der Waals surface area contributed by atoms with Crippen LogP contribution in [0.1, 0.15) is 38.2 Å². The molecule has 1 aromatic rings. The molecule has 0 saturated heterocycles. The molecule has 0 spiro atoms. The van der Waals surface area contributed by atoms with Gasteiger partial charge in [0.2, 0.25) is 0 Å². The number of ether oxygens (including phenoxy) is 2. The van der Waals surface area contributed by atoms with Crippen molar-refractivity contribution >= 4 is 0 Å². The topological polar surface area (TPSA) is 44.5 Å². The smallest absolute Gasteiger partial charge is 0.123 e. The van der Waals surface area contributed by atoms with E-state index < -0.39 is 0 Å². The quantitative estimate of drug-likeness (QED) is 0.843. The lowest BCUT2D eigenvalue weighted by Crippen LogP contribution is -2.40. The summed E-state index contributed by atoms with van der Waals surface area (Å²) in [6, 6.07) is 8.20. The zero-order chi connectivity index (χ0) is 13.0. The maximum atomic E-state index is 6.11. The normalized spacial score (nSPS) is 18.5. The number of benzene rings is 1. The molecular formula is C15H23NO2. The summed E-state index contributed by atoms with van der Waals surface area (Å²) < 4.78 is 11.8. The van der Waals surface area contributed by atoms with Crippen LogP contribution in [0.5, 0.6) is 5.75 Å². The van der Waals surface area contributed by atoms with Gasteiger partial charge in [0.15, 0.2) is 0 Å². The fourth-order valence-electron chi connectivity index (χ4n) is 2.45. The molecular weight excluding hydrogens is 226 g/mol.